The lowest BCUT2D eigenvalue weighted by Gasteiger charge is -2.14. The van der Waals surface area contributed by atoms with Gasteiger partial charge in [0, 0.05) is 0 Å². The molecule has 0 aliphatic heterocycles. The van der Waals surface area contributed by atoms with E-state index in [1.54, 1.807) is 13.2 Å². The number of nitrogen functional groups attached to an aromatic ring is 1. The summed E-state index contributed by atoms with van der Waals surface area (Å²) in [7, 11) is 1.60. The van der Waals surface area contributed by atoms with Crippen molar-refractivity contribution in [1.82, 2.24) is 20.2 Å². The molecule has 1 aromatic heterocycles. The largest absolute Gasteiger partial charge is 0.494 e. The van der Waals surface area contributed by atoms with Gasteiger partial charge in [-0.05, 0) is 35.9 Å². The predicted octanol–water partition coefficient (Wildman–Crippen LogP) is 2.29. The highest BCUT2D eigenvalue weighted by atomic mass is 16.5. The Labute approximate surface area is 112 Å². The van der Waals surface area contributed by atoms with Gasteiger partial charge in [-0.25, -0.2) is 4.68 Å². The molecule has 1 unspecified atom stereocenters. The van der Waals surface area contributed by atoms with Crippen molar-refractivity contribution in [3.8, 4) is 17.1 Å². The molecule has 1 atom stereocenters. The number of anilines is 1. The first kappa shape index (κ1) is 13.3. The van der Waals surface area contributed by atoms with E-state index in [4.69, 9.17) is 10.5 Å². The van der Waals surface area contributed by atoms with Gasteiger partial charge in [0.1, 0.15) is 0 Å². The highest BCUT2D eigenvalue weighted by Gasteiger charge is 2.18. The van der Waals surface area contributed by atoms with E-state index in [1.807, 2.05) is 16.8 Å². The number of hydrogen-bond acceptors (Lipinski definition) is 5. The zero-order chi connectivity index (χ0) is 13.8. The zero-order valence-corrected chi connectivity index (χ0v) is 11.5. The lowest BCUT2D eigenvalue weighted by Crippen LogP contribution is -2.09. The summed E-state index contributed by atoms with van der Waals surface area (Å²) in [6.07, 6.45) is 2.09. The molecule has 102 valence electrons. The van der Waals surface area contributed by atoms with Crippen molar-refractivity contribution < 1.29 is 4.74 Å². The fourth-order valence-corrected chi connectivity index (χ4v) is 2.17. The van der Waals surface area contributed by atoms with Gasteiger partial charge in [-0.3, -0.25) is 0 Å². The maximum absolute atomic E-state index is 5.92. The molecule has 1 aromatic carbocycles. The number of tetrazole rings is 1. The average Bonchev–Trinajstić information content (AvgIpc) is 2.87. The molecule has 1 heterocycles. The van der Waals surface area contributed by atoms with E-state index in [0.29, 0.717) is 17.3 Å². The molecule has 0 spiro atoms. The number of nitrogens with two attached hydrogens (primary N) is 1. The normalized spacial score (nSPS) is 12.4. The predicted molar refractivity (Wildman–Crippen MR) is 73.8 cm³/mol. The molecule has 0 fully saturated rings. The number of para-hydroxylation sites is 1. The van der Waals surface area contributed by atoms with E-state index in [1.165, 1.54) is 0 Å². The Kier molecular flexibility index (Phi) is 3.99. The standard InChI is InChI=1S/C13H19N5O/c1-4-6-9(2)18-13(15-16-17-18)10-7-5-8-11(14)12(10)19-3/h5,7-9H,4,6,14H2,1-3H3. The van der Waals surface area contributed by atoms with Gasteiger partial charge in [0.25, 0.3) is 0 Å². The first-order valence-corrected chi connectivity index (χ1v) is 6.39. The fourth-order valence-electron chi connectivity index (χ4n) is 2.17. The van der Waals surface area contributed by atoms with Crippen LogP contribution in [0.4, 0.5) is 5.69 Å². The summed E-state index contributed by atoms with van der Waals surface area (Å²) in [5, 5.41) is 12.0. The van der Waals surface area contributed by atoms with Crippen LogP contribution in [0.5, 0.6) is 5.75 Å². The van der Waals surface area contributed by atoms with Crippen LogP contribution in [0.25, 0.3) is 11.4 Å². The second-order valence-electron chi connectivity index (χ2n) is 4.51. The average molecular weight is 261 g/mol. The minimum absolute atomic E-state index is 0.237. The molecule has 0 saturated heterocycles. The molecule has 2 aromatic rings. The summed E-state index contributed by atoms with van der Waals surface area (Å²) in [6, 6.07) is 5.82. The molecule has 0 bridgehead atoms. The Balaban J connectivity index is 2.48. The van der Waals surface area contributed by atoms with E-state index in [-0.39, 0.29) is 6.04 Å². The molecule has 0 aliphatic carbocycles. The van der Waals surface area contributed by atoms with Gasteiger partial charge in [0.15, 0.2) is 11.6 Å². The molecule has 0 aliphatic rings. The highest BCUT2D eigenvalue weighted by molar-refractivity contribution is 5.73. The van der Waals surface area contributed by atoms with E-state index >= 15 is 0 Å². The van der Waals surface area contributed by atoms with Crippen LogP contribution in [0, 0.1) is 0 Å². The van der Waals surface area contributed by atoms with Crippen molar-refractivity contribution in [2.24, 2.45) is 0 Å². The second-order valence-corrected chi connectivity index (χ2v) is 4.51. The maximum Gasteiger partial charge on any atom is 0.186 e. The minimum Gasteiger partial charge on any atom is -0.494 e. The number of benzene rings is 1. The third-order valence-electron chi connectivity index (χ3n) is 3.11. The van der Waals surface area contributed by atoms with Crippen molar-refractivity contribution >= 4 is 5.69 Å². The third kappa shape index (κ3) is 2.52. The molecule has 2 rings (SSSR count). The van der Waals surface area contributed by atoms with Gasteiger partial charge < -0.3 is 10.5 Å². The van der Waals surface area contributed by atoms with Crippen molar-refractivity contribution in [3.05, 3.63) is 18.2 Å². The van der Waals surface area contributed by atoms with Crippen LogP contribution in [0.3, 0.4) is 0 Å². The molecular weight excluding hydrogens is 242 g/mol. The Morgan fingerprint density at radius 1 is 1.42 bits per heavy atom. The summed E-state index contributed by atoms with van der Waals surface area (Å²) in [6.45, 7) is 4.24. The zero-order valence-electron chi connectivity index (χ0n) is 11.5. The van der Waals surface area contributed by atoms with E-state index in [2.05, 4.69) is 29.4 Å². The molecule has 0 amide bonds. The lowest BCUT2D eigenvalue weighted by atomic mass is 10.1. The number of rotatable bonds is 5. The van der Waals surface area contributed by atoms with Crippen LogP contribution in [-0.4, -0.2) is 27.3 Å². The van der Waals surface area contributed by atoms with Gasteiger partial charge in [-0.15, -0.1) is 5.10 Å². The molecule has 2 N–H and O–H groups in total. The SMILES string of the molecule is CCCC(C)n1nnnc1-c1cccc(N)c1OC. The van der Waals surface area contributed by atoms with Crippen LogP contribution in [0.2, 0.25) is 0 Å². The number of methoxy groups -OCH3 is 1. The molecule has 0 saturated carbocycles. The van der Waals surface area contributed by atoms with Gasteiger partial charge in [-0.1, -0.05) is 19.4 Å². The van der Waals surface area contributed by atoms with Crippen molar-refractivity contribution in [3.63, 3.8) is 0 Å². The summed E-state index contributed by atoms with van der Waals surface area (Å²) < 4.78 is 7.18. The Morgan fingerprint density at radius 2 is 2.21 bits per heavy atom. The summed E-state index contributed by atoms with van der Waals surface area (Å²) in [4.78, 5) is 0. The molecule has 6 heteroatoms. The number of aromatic nitrogens is 4. The first-order chi connectivity index (χ1) is 9.19. The molecule has 0 radical (unpaired) electrons. The van der Waals surface area contributed by atoms with Crippen molar-refractivity contribution in [2.75, 3.05) is 12.8 Å². The fraction of sp³-hybridized carbons (Fsp3) is 0.462. The summed E-state index contributed by atoms with van der Waals surface area (Å²) >= 11 is 0. The summed E-state index contributed by atoms with van der Waals surface area (Å²) in [5.74, 6) is 1.30. The highest BCUT2D eigenvalue weighted by Crippen LogP contribution is 2.34. The van der Waals surface area contributed by atoms with Crippen LogP contribution in [0.15, 0.2) is 18.2 Å². The maximum atomic E-state index is 5.92. The quantitative estimate of drug-likeness (QED) is 0.835. The molecule has 19 heavy (non-hydrogen) atoms. The van der Waals surface area contributed by atoms with Crippen LogP contribution < -0.4 is 10.5 Å². The van der Waals surface area contributed by atoms with Crippen LogP contribution >= 0.6 is 0 Å². The van der Waals surface area contributed by atoms with E-state index < -0.39 is 0 Å². The second kappa shape index (κ2) is 5.69. The van der Waals surface area contributed by atoms with Crippen molar-refractivity contribution in [1.29, 1.82) is 0 Å². The summed E-state index contributed by atoms with van der Waals surface area (Å²) in [5.41, 5.74) is 7.32. The topological polar surface area (TPSA) is 78.9 Å². The van der Waals surface area contributed by atoms with Gasteiger partial charge in [-0.2, -0.15) is 0 Å². The smallest absolute Gasteiger partial charge is 0.186 e. The monoisotopic (exact) mass is 261 g/mol. The third-order valence-corrected chi connectivity index (χ3v) is 3.11. The van der Waals surface area contributed by atoms with Gasteiger partial charge in [0.2, 0.25) is 0 Å². The number of hydrogen-bond donors (Lipinski definition) is 1. The number of nitrogens with zero attached hydrogens (tertiary/aromatic N) is 4. The lowest BCUT2D eigenvalue weighted by molar-refractivity contribution is 0.415. The molecule has 6 nitrogen and oxygen atoms in total. The van der Waals surface area contributed by atoms with E-state index in [9.17, 15) is 0 Å². The Bertz CT molecular complexity index is 552. The van der Waals surface area contributed by atoms with Crippen LogP contribution in [-0.2, 0) is 0 Å². The van der Waals surface area contributed by atoms with Crippen LogP contribution in [0.1, 0.15) is 32.7 Å². The minimum atomic E-state index is 0.237. The molecular formula is C13H19N5O. The van der Waals surface area contributed by atoms with Gasteiger partial charge >= 0.3 is 0 Å². The number of ether oxygens (including phenoxy) is 1. The van der Waals surface area contributed by atoms with Gasteiger partial charge in [0.05, 0.1) is 24.4 Å². The Hall–Kier alpha value is -2.11. The van der Waals surface area contributed by atoms with Crippen molar-refractivity contribution in [2.45, 2.75) is 32.7 Å². The van der Waals surface area contributed by atoms with E-state index in [0.717, 1.165) is 18.4 Å². The Morgan fingerprint density at radius 3 is 2.89 bits per heavy atom. The first-order valence-electron chi connectivity index (χ1n) is 6.39.